The number of aromatic nitrogens is 7. The van der Waals surface area contributed by atoms with Crippen molar-refractivity contribution in [1.29, 1.82) is 0 Å². The number of aromatic amines is 1. The SMILES string of the molecule is c1cnc2c(-c3cc(Nc4cnc5ccn(C6CCNCC6)c5n4)n[nH]3)ccnc2c1. The average Bonchev–Trinajstić information content (AvgIpc) is 3.46. The molecule has 0 saturated carbocycles. The number of anilines is 2. The summed E-state index contributed by atoms with van der Waals surface area (Å²) in [4.78, 5) is 18.3. The van der Waals surface area contributed by atoms with Gasteiger partial charge >= 0.3 is 0 Å². The van der Waals surface area contributed by atoms with Crippen LogP contribution in [0, 0.1) is 0 Å². The van der Waals surface area contributed by atoms with Gasteiger partial charge in [0.2, 0.25) is 0 Å². The van der Waals surface area contributed by atoms with Crippen molar-refractivity contribution in [3.8, 4) is 11.3 Å². The van der Waals surface area contributed by atoms with Gasteiger partial charge in [0.05, 0.1) is 22.9 Å². The quantitative estimate of drug-likeness (QED) is 0.416. The zero-order valence-electron chi connectivity index (χ0n) is 16.8. The molecule has 0 radical (unpaired) electrons. The number of H-pyrrole nitrogens is 1. The number of nitrogens with one attached hydrogen (secondary N) is 3. The smallest absolute Gasteiger partial charge is 0.161 e. The maximum Gasteiger partial charge on any atom is 0.161 e. The van der Waals surface area contributed by atoms with E-state index in [0.29, 0.717) is 17.7 Å². The molecule has 0 aliphatic carbocycles. The summed E-state index contributed by atoms with van der Waals surface area (Å²) in [5, 5.41) is 14.2. The van der Waals surface area contributed by atoms with Gasteiger partial charge in [0.15, 0.2) is 17.3 Å². The third-order valence-corrected chi connectivity index (χ3v) is 5.74. The Bertz CT molecular complexity index is 1360. The minimum absolute atomic E-state index is 0.452. The number of pyridine rings is 2. The molecule has 31 heavy (non-hydrogen) atoms. The van der Waals surface area contributed by atoms with E-state index in [9.17, 15) is 0 Å². The molecule has 0 amide bonds. The largest absolute Gasteiger partial charge is 0.328 e. The van der Waals surface area contributed by atoms with Crippen LogP contribution in [0.25, 0.3) is 33.5 Å². The Morgan fingerprint density at radius 2 is 1.90 bits per heavy atom. The fourth-order valence-electron chi connectivity index (χ4n) is 4.21. The lowest BCUT2D eigenvalue weighted by Gasteiger charge is -2.24. The molecule has 0 atom stereocenters. The van der Waals surface area contributed by atoms with Gasteiger partial charge in [-0.05, 0) is 50.2 Å². The molecule has 1 saturated heterocycles. The van der Waals surface area contributed by atoms with Crippen LogP contribution in [-0.2, 0) is 0 Å². The first-order valence-corrected chi connectivity index (χ1v) is 10.4. The number of fused-ring (bicyclic) bond motifs is 2. The van der Waals surface area contributed by atoms with Gasteiger partial charge in [-0.25, -0.2) is 9.97 Å². The molecule has 0 aromatic carbocycles. The minimum Gasteiger partial charge on any atom is -0.328 e. The van der Waals surface area contributed by atoms with E-state index >= 15 is 0 Å². The second-order valence-corrected chi connectivity index (χ2v) is 7.69. The van der Waals surface area contributed by atoms with Crippen molar-refractivity contribution in [1.82, 2.24) is 40.0 Å². The molecule has 5 aromatic heterocycles. The topological polar surface area (TPSA) is 109 Å². The van der Waals surface area contributed by atoms with E-state index in [2.05, 4.69) is 46.5 Å². The third-order valence-electron chi connectivity index (χ3n) is 5.74. The van der Waals surface area contributed by atoms with Gasteiger partial charge in [-0.1, -0.05) is 0 Å². The maximum atomic E-state index is 4.83. The molecule has 6 heterocycles. The molecule has 9 nitrogen and oxygen atoms in total. The summed E-state index contributed by atoms with van der Waals surface area (Å²) in [6.45, 7) is 2.06. The van der Waals surface area contributed by atoms with Gasteiger partial charge in [-0.2, -0.15) is 5.10 Å². The van der Waals surface area contributed by atoms with Crippen molar-refractivity contribution in [2.75, 3.05) is 18.4 Å². The second-order valence-electron chi connectivity index (χ2n) is 7.69. The molecule has 1 aliphatic rings. The molecule has 9 heteroatoms. The van der Waals surface area contributed by atoms with Crippen LogP contribution in [0.2, 0.25) is 0 Å². The number of piperidine rings is 1. The van der Waals surface area contributed by atoms with E-state index in [-0.39, 0.29) is 0 Å². The molecular formula is C22H21N9. The van der Waals surface area contributed by atoms with Crippen LogP contribution >= 0.6 is 0 Å². The van der Waals surface area contributed by atoms with E-state index in [0.717, 1.165) is 59.4 Å². The van der Waals surface area contributed by atoms with Crippen molar-refractivity contribution in [2.45, 2.75) is 18.9 Å². The van der Waals surface area contributed by atoms with E-state index in [1.165, 1.54) is 0 Å². The number of hydrogen-bond donors (Lipinski definition) is 3. The molecule has 0 bridgehead atoms. The first kappa shape index (κ1) is 18.0. The molecule has 1 fully saturated rings. The normalized spacial score (nSPS) is 15.0. The first-order chi connectivity index (χ1) is 15.3. The molecule has 154 valence electrons. The lowest BCUT2D eigenvalue weighted by molar-refractivity contribution is 0.375. The van der Waals surface area contributed by atoms with Crippen LogP contribution in [0.15, 0.2) is 55.1 Å². The maximum absolute atomic E-state index is 4.83. The van der Waals surface area contributed by atoms with Gasteiger partial charge in [-0.3, -0.25) is 15.1 Å². The van der Waals surface area contributed by atoms with Crippen molar-refractivity contribution in [3.05, 3.63) is 55.1 Å². The summed E-state index contributed by atoms with van der Waals surface area (Å²) >= 11 is 0. The zero-order chi connectivity index (χ0) is 20.6. The second kappa shape index (κ2) is 7.44. The van der Waals surface area contributed by atoms with Crippen molar-refractivity contribution < 1.29 is 0 Å². The van der Waals surface area contributed by atoms with E-state index in [4.69, 9.17) is 4.98 Å². The van der Waals surface area contributed by atoms with Crippen molar-refractivity contribution in [3.63, 3.8) is 0 Å². The third kappa shape index (κ3) is 3.28. The van der Waals surface area contributed by atoms with Crippen LogP contribution in [0.3, 0.4) is 0 Å². The van der Waals surface area contributed by atoms with Crippen LogP contribution in [0.1, 0.15) is 18.9 Å². The van der Waals surface area contributed by atoms with Crippen molar-refractivity contribution in [2.24, 2.45) is 0 Å². The Hall–Kier alpha value is -3.85. The van der Waals surface area contributed by atoms with Crippen molar-refractivity contribution >= 4 is 33.8 Å². The molecule has 0 spiro atoms. The van der Waals surface area contributed by atoms with E-state index < -0.39 is 0 Å². The molecular weight excluding hydrogens is 390 g/mol. The molecule has 3 N–H and O–H groups in total. The lowest BCUT2D eigenvalue weighted by atomic mass is 10.1. The predicted octanol–water partition coefficient (Wildman–Crippen LogP) is 3.43. The Labute approximate surface area is 178 Å². The molecule has 0 unspecified atom stereocenters. The fourth-order valence-corrected chi connectivity index (χ4v) is 4.21. The lowest BCUT2D eigenvalue weighted by Crippen LogP contribution is -2.29. The zero-order valence-corrected chi connectivity index (χ0v) is 16.8. The summed E-state index contributed by atoms with van der Waals surface area (Å²) in [6, 6.07) is 10.2. The molecule has 6 rings (SSSR count). The molecule has 1 aliphatic heterocycles. The standard InChI is InChI=1S/C22H21N9/c1-2-16-21(25-7-1)15(5-10-24-16)18-12-19(30-29-18)27-20-13-26-17-6-11-31(22(17)28-20)14-3-8-23-9-4-14/h1-2,5-7,10-14,23H,3-4,8-9H2,(H2,27,28,29,30). The summed E-state index contributed by atoms with van der Waals surface area (Å²) in [5.41, 5.74) is 5.30. The fraction of sp³-hybridized carbons (Fsp3) is 0.227. The van der Waals surface area contributed by atoms with E-state index in [1.54, 1.807) is 18.6 Å². The Kier molecular flexibility index (Phi) is 4.31. The Balaban J connectivity index is 1.30. The Morgan fingerprint density at radius 3 is 2.84 bits per heavy atom. The van der Waals surface area contributed by atoms with Gasteiger partial charge < -0.3 is 15.2 Å². The highest BCUT2D eigenvalue weighted by atomic mass is 15.2. The summed E-state index contributed by atoms with van der Waals surface area (Å²) in [5.74, 6) is 1.33. The summed E-state index contributed by atoms with van der Waals surface area (Å²) in [7, 11) is 0. The van der Waals surface area contributed by atoms with Crippen LogP contribution in [0.5, 0.6) is 0 Å². The highest BCUT2D eigenvalue weighted by Crippen LogP contribution is 2.28. The van der Waals surface area contributed by atoms with E-state index in [1.807, 2.05) is 30.3 Å². The predicted molar refractivity (Wildman–Crippen MR) is 119 cm³/mol. The summed E-state index contributed by atoms with van der Waals surface area (Å²) < 4.78 is 2.25. The minimum atomic E-state index is 0.452. The van der Waals surface area contributed by atoms with Crippen LogP contribution < -0.4 is 10.6 Å². The van der Waals surface area contributed by atoms with Crippen LogP contribution in [0.4, 0.5) is 11.6 Å². The number of nitrogens with zero attached hydrogens (tertiary/aromatic N) is 6. The number of hydrogen-bond acceptors (Lipinski definition) is 7. The van der Waals surface area contributed by atoms with Gasteiger partial charge in [-0.15, -0.1) is 0 Å². The Morgan fingerprint density at radius 1 is 0.968 bits per heavy atom. The average molecular weight is 411 g/mol. The van der Waals surface area contributed by atoms with Gasteiger partial charge in [0.1, 0.15) is 5.52 Å². The number of rotatable bonds is 4. The highest BCUT2D eigenvalue weighted by molar-refractivity contribution is 5.90. The van der Waals surface area contributed by atoms with Gasteiger partial charge in [0.25, 0.3) is 0 Å². The molecule has 5 aromatic rings. The van der Waals surface area contributed by atoms with Crippen LogP contribution in [-0.4, -0.2) is 47.8 Å². The highest BCUT2D eigenvalue weighted by Gasteiger charge is 2.18. The first-order valence-electron chi connectivity index (χ1n) is 10.4. The monoisotopic (exact) mass is 411 g/mol. The van der Waals surface area contributed by atoms with Gasteiger partial charge in [0, 0.05) is 36.3 Å². The summed E-state index contributed by atoms with van der Waals surface area (Å²) in [6.07, 6.45) is 9.58.